The fourth-order valence-electron chi connectivity index (χ4n) is 2.39. The number of fused-ring (bicyclic) bond motifs is 1. The molecule has 9 heteroatoms. The maximum atomic E-state index is 12.4. The quantitative estimate of drug-likeness (QED) is 0.412. The fourth-order valence-corrected chi connectivity index (χ4v) is 2.72. The van der Waals surface area contributed by atoms with E-state index in [1.165, 1.54) is 12.3 Å². The number of benzene rings is 1. The summed E-state index contributed by atoms with van der Waals surface area (Å²) in [5.41, 5.74) is 4.12. The summed E-state index contributed by atoms with van der Waals surface area (Å²) in [6, 6.07) is 9.75. The second-order valence-corrected chi connectivity index (χ2v) is 6.05. The van der Waals surface area contributed by atoms with Crippen LogP contribution in [0.4, 0.5) is 5.69 Å². The van der Waals surface area contributed by atoms with Gasteiger partial charge in [-0.15, -0.1) is 0 Å². The summed E-state index contributed by atoms with van der Waals surface area (Å²) in [6.45, 7) is 1.72. The van der Waals surface area contributed by atoms with E-state index >= 15 is 0 Å². The third-order valence-electron chi connectivity index (χ3n) is 3.47. The van der Waals surface area contributed by atoms with Crippen molar-refractivity contribution in [2.75, 3.05) is 0 Å². The molecule has 0 spiro atoms. The van der Waals surface area contributed by atoms with Crippen molar-refractivity contribution < 1.29 is 9.72 Å². The number of hydrogen-bond acceptors (Lipinski definition) is 5. The topological polar surface area (TPSA) is 102 Å². The summed E-state index contributed by atoms with van der Waals surface area (Å²) >= 11 is 3.36. The van der Waals surface area contributed by atoms with Gasteiger partial charge in [-0.2, -0.15) is 5.10 Å². The first-order valence-corrected chi connectivity index (χ1v) is 7.97. The number of carbonyl (C=O) groups excluding carboxylic acids is 1. The summed E-state index contributed by atoms with van der Waals surface area (Å²) < 4.78 is 2.45. The van der Waals surface area contributed by atoms with Crippen molar-refractivity contribution in [3.8, 4) is 0 Å². The Morgan fingerprint density at radius 1 is 1.36 bits per heavy atom. The van der Waals surface area contributed by atoms with E-state index in [4.69, 9.17) is 0 Å². The van der Waals surface area contributed by atoms with E-state index in [1.807, 2.05) is 6.07 Å². The fraction of sp³-hybridized carbons (Fsp3) is 0.0625. The minimum Gasteiger partial charge on any atom is -0.294 e. The summed E-state index contributed by atoms with van der Waals surface area (Å²) in [6.07, 6.45) is 2.97. The lowest BCUT2D eigenvalue weighted by Gasteiger charge is -2.02. The van der Waals surface area contributed by atoms with Crippen LogP contribution < -0.4 is 5.43 Å². The monoisotopic (exact) mass is 401 g/mol. The van der Waals surface area contributed by atoms with E-state index in [-0.39, 0.29) is 5.69 Å². The molecule has 3 rings (SSSR count). The molecule has 1 N–H and O–H groups in total. The van der Waals surface area contributed by atoms with Gasteiger partial charge in [0, 0.05) is 16.7 Å². The number of halogens is 1. The van der Waals surface area contributed by atoms with Gasteiger partial charge in [-0.1, -0.05) is 12.1 Å². The van der Waals surface area contributed by atoms with Gasteiger partial charge >= 0.3 is 0 Å². The van der Waals surface area contributed by atoms with Crippen molar-refractivity contribution in [1.82, 2.24) is 14.8 Å². The lowest BCUT2D eigenvalue weighted by molar-refractivity contribution is -0.385. The molecule has 1 aromatic carbocycles. The summed E-state index contributed by atoms with van der Waals surface area (Å²) in [7, 11) is 0. The van der Waals surface area contributed by atoms with E-state index in [2.05, 4.69) is 31.4 Å². The maximum absolute atomic E-state index is 12.4. The van der Waals surface area contributed by atoms with Crippen LogP contribution in [0.2, 0.25) is 0 Å². The zero-order valence-electron chi connectivity index (χ0n) is 13.0. The first-order valence-electron chi connectivity index (χ1n) is 7.18. The van der Waals surface area contributed by atoms with E-state index in [1.54, 1.807) is 41.8 Å². The number of rotatable bonds is 4. The SMILES string of the molecule is Cc1nc2ccc(Br)cn2c1C(=O)N/N=C/c1ccccc1[N+](=O)[O-]. The zero-order valence-corrected chi connectivity index (χ0v) is 14.6. The van der Waals surface area contributed by atoms with Gasteiger partial charge in [0.2, 0.25) is 0 Å². The van der Waals surface area contributed by atoms with Crippen molar-refractivity contribution in [1.29, 1.82) is 0 Å². The van der Waals surface area contributed by atoms with E-state index < -0.39 is 10.8 Å². The molecule has 0 saturated carbocycles. The van der Waals surface area contributed by atoms with Crippen LogP contribution in [0, 0.1) is 17.0 Å². The molecule has 2 aromatic heterocycles. The van der Waals surface area contributed by atoms with Gasteiger partial charge < -0.3 is 0 Å². The number of hydrogen-bond donors (Lipinski definition) is 1. The third kappa shape index (κ3) is 3.41. The Morgan fingerprint density at radius 3 is 2.88 bits per heavy atom. The highest BCUT2D eigenvalue weighted by atomic mass is 79.9. The van der Waals surface area contributed by atoms with Crippen LogP contribution >= 0.6 is 15.9 Å². The van der Waals surface area contributed by atoms with Crippen molar-refractivity contribution in [2.24, 2.45) is 5.10 Å². The molecule has 2 heterocycles. The predicted molar refractivity (Wildman–Crippen MR) is 95.8 cm³/mol. The van der Waals surface area contributed by atoms with Crippen molar-refractivity contribution >= 4 is 39.4 Å². The third-order valence-corrected chi connectivity index (χ3v) is 3.94. The second-order valence-electron chi connectivity index (χ2n) is 5.14. The highest BCUT2D eigenvalue weighted by Crippen LogP contribution is 2.17. The number of nitrogens with one attached hydrogen (secondary N) is 1. The van der Waals surface area contributed by atoms with Crippen molar-refractivity contribution in [3.63, 3.8) is 0 Å². The van der Waals surface area contributed by atoms with Crippen LogP contribution in [0.3, 0.4) is 0 Å². The average molecular weight is 402 g/mol. The number of imidazole rings is 1. The Morgan fingerprint density at radius 2 is 2.12 bits per heavy atom. The molecule has 1 amide bonds. The number of nitro benzene ring substituents is 1. The van der Waals surface area contributed by atoms with Gasteiger partial charge in [0.25, 0.3) is 11.6 Å². The molecule has 0 radical (unpaired) electrons. The smallest absolute Gasteiger partial charge is 0.290 e. The predicted octanol–water partition coefficient (Wildman–Crippen LogP) is 3.08. The molecule has 0 saturated heterocycles. The normalized spacial score (nSPS) is 11.1. The Hall–Kier alpha value is -3.07. The molecule has 0 unspecified atom stereocenters. The summed E-state index contributed by atoms with van der Waals surface area (Å²) in [4.78, 5) is 27.2. The largest absolute Gasteiger partial charge is 0.294 e. The number of para-hydroxylation sites is 1. The van der Waals surface area contributed by atoms with E-state index in [9.17, 15) is 14.9 Å². The van der Waals surface area contributed by atoms with Crippen LogP contribution in [0.5, 0.6) is 0 Å². The number of carbonyl (C=O) groups is 1. The van der Waals surface area contributed by atoms with Crippen molar-refractivity contribution in [3.05, 3.63) is 74.1 Å². The summed E-state index contributed by atoms with van der Waals surface area (Å²) in [5.74, 6) is -0.460. The number of hydrazone groups is 1. The molecule has 0 aliphatic rings. The number of nitro groups is 1. The molecular formula is C16H12BrN5O3. The molecule has 0 bridgehead atoms. The molecule has 8 nitrogen and oxygen atoms in total. The molecule has 0 aliphatic heterocycles. The summed E-state index contributed by atoms with van der Waals surface area (Å²) in [5, 5.41) is 14.8. The van der Waals surface area contributed by atoms with Gasteiger partial charge in [-0.3, -0.25) is 19.3 Å². The number of aryl methyl sites for hydroxylation is 1. The second kappa shape index (κ2) is 6.81. The molecule has 3 aromatic rings. The van der Waals surface area contributed by atoms with Gasteiger partial charge in [0.15, 0.2) is 0 Å². The number of nitrogens with zero attached hydrogens (tertiary/aromatic N) is 4. The maximum Gasteiger partial charge on any atom is 0.290 e. The van der Waals surface area contributed by atoms with Crippen LogP contribution in [-0.2, 0) is 0 Å². The highest BCUT2D eigenvalue weighted by Gasteiger charge is 2.16. The van der Waals surface area contributed by atoms with Crippen molar-refractivity contribution in [2.45, 2.75) is 6.92 Å². The minimum atomic E-state index is -0.505. The zero-order chi connectivity index (χ0) is 18.0. The van der Waals surface area contributed by atoms with Gasteiger partial charge in [-0.25, -0.2) is 10.4 Å². The molecule has 0 atom stereocenters. The highest BCUT2D eigenvalue weighted by molar-refractivity contribution is 9.10. The van der Waals surface area contributed by atoms with Crippen LogP contribution in [0.25, 0.3) is 5.65 Å². The number of pyridine rings is 1. The van der Waals surface area contributed by atoms with Crippen LogP contribution in [0.1, 0.15) is 21.7 Å². The molecular weight excluding hydrogens is 390 g/mol. The lowest BCUT2D eigenvalue weighted by Crippen LogP contribution is -2.20. The Bertz CT molecular complexity index is 1010. The van der Waals surface area contributed by atoms with E-state index in [0.717, 1.165) is 4.47 Å². The first-order chi connectivity index (χ1) is 12.0. The Kier molecular flexibility index (Phi) is 4.57. The molecule has 0 aliphatic carbocycles. The van der Waals surface area contributed by atoms with Crippen LogP contribution in [0.15, 0.2) is 52.2 Å². The van der Waals surface area contributed by atoms with Gasteiger partial charge in [0.05, 0.1) is 22.4 Å². The van der Waals surface area contributed by atoms with Crippen LogP contribution in [-0.4, -0.2) is 26.4 Å². The van der Waals surface area contributed by atoms with E-state index in [0.29, 0.717) is 22.6 Å². The molecule has 126 valence electrons. The minimum absolute atomic E-state index is 0.0876. The standard InChI is InChI=1S/C16H12BrN5O3/c1-10-15(21-9-12(17)6-7-14(21)19-10)16(23)20-18-8-11-4-2-3-5-13(11)22(24)25/h2-9H,1H3,(H,20,23)/b18-8+. The van der Waals surface area contributed by atoms with Gasteiger partial charge in [0.1, 0.15) is 11.3 Å². The average Bonchev–Trinajstić information content (AvgIpc) is 2.90. The molecule has 0 fully saturated rings. The molecule has 25 heavy (non-hydrogen) atoms. The number of amides is 1. The number of aromatic nitrogens is 2. The van der Waals surface area contributed by atoms with Gasteiger partial charge in [-0.05, 0) is 41.1 Å². The Balaban J connectivity index is 1.86. The first kappa shape index (κ1) is 16.8. The lowest BCUT2D eigenvalue weighted by atomic mass is 10.2. The Labute approximate surface area is 150 Å².